The lowest BCUT2D eigenvalue weighted by Gasteiger charge is -2.32. The quantitative estimate of drug-likeness (QED) is 0.0325. The Bertz CT molecular complexity index is 4530. The minimum absolute atomic E-state index is 0.0148. The molecule has 32 atom stereocenters. The number of allylic oxidation sites excluding steroid dienone is 5. The van der Waals surface area contributed by atoms with Gasteiger partial charge < -0.3 is 143 Å². The van der Waals surface area contributed by atoms with Gasteiger partial charge in [0, 0.05) is 69.8 Å². The molecule has 0 aromatic rings. The van der Waals surface area contributed by atoms with Crippen LogP contribution in [0.2, 0.25) is 0 Å². The Kier molecular flexibility index (Phi) is 52.5. The van der Waals surface area contributed by atoms with E-state index in [-0.39, 0.29) is 81.1 Å². The van der Waals surface area contributed by atoms with E-state index < -0.39 is 293 Å². The highest BCUT2D eigenvalue weighted by Gasteiger charge is 2.52. The molecular formula is C103H156O40. The molecular weight excluding hydrogens is 1880 g/mol. The fraction of sp³-hybridized carbons (Fsp3) is 0.699. The van der Waals surface area contributed by atoms with E-state index in [1.54, 1.807) is 85.8 Å². The van der Waals surface area contributed by atoms with Gasteiger partial charge in [-0.2, -0.15) is 0 Å². The number of hydrogen-bond acceptors (Lipinski definition) is 40. The number of cyclic esters (lactones) is 4. The molecule has 8 rings (SSSR count). The minimum atomic E-state index is -1.55. The zero-order valence-corrected chi connectivity index (χ0v) is 86.0. The van der Waals surface area contributed by atoms with E-state index in [1.165, 1.54) is 26.0 Å². The molecule has 40 heteroatoms. The van der Waals surface area contributed by atoms with Crippen molar-refractivity contribution < 1.29 is 195 Å². The summed E-state index contributed by atoms with van der Waals surface area (Å²) in [6.45, 7) is 36.2. The van der Waals surface area contributed by atoms with Gasteiger partial charge in [-0.05, 0) is 179 Å². The van der Waals surface area contributed by atoms with Crippen molar-refractivity contribution in [3.63, 3.8) is 0 Å². The molecule has 808 valence electrons. The second-order valence-electron chi connectivity index (χ2n) is 38.6. The smallest absolute Gasteiger partial charge is 0.334 e. The first-order valence-corrected chi connectivity index (χ1v) is 48.7. The van der Waals surface area contributed by atoms with Crippen LogP contribution in [0.3, 0.4) is 0 Å². The standard InChI is InChI=1S/C27H42O11.2C27H40O10.C22H34O9/c1-7-14(4)19-9-8-15(5)24(38-27-23(33)22(32)20(12-28)36-27)25(37-21(31)10-13(2)3)18(30)11-17(29)16(6)26(34)35-19;2*1-7-15(4)19-11-9-16(5)24(37-27-23(32)22(31)20(13-28)35-27)25(36-21(30)12-14(2)3)18(29)10-8-17(6)26(33)34-19;1-5-11(2)15-9-7-12(3)20(31-22-19(27)18(26)16(10-23)30-22)17(25)14(24)8-6-13(4)21(28)29-15/h7-8,13,16-17,19-20,22-25,27-29,32-33H,9-12H2,1-6H3;7-9,14,19-20,22-25,27-28,31-32H,10-13H2,1-6H3;7-10,14,17,19-20,22-25,27-28,31-32H,11-13H2,1-6H3;5,7,13,15-20,22-23,25-27H,6,8-10H2,1-4H3/b14-7-,15-8+;15-7-,16-9+,17-8-;10-8+,15-7-,16-9+;11-5-,12-7+/t16-,17+,19+,20+,22+,23-,24+,25+,27+;19-,20-,22-,23+,24-,25-,27-;17-,19+,20+,22+,23-,24+,25+,27+;13-,15+,16+,17+,18+,19-,20+,22+/m0100/s1. The zero-order valence-electron chi connectivity index (χ0n) is 86.0. The highest BCUT2D eigenvalue weighted by atomic mass is 16.7. The van der Waals surface area contributed by atoms with E-state index in [2.05, 4.69) is 0 Å². The van der Waals surface area contributed by atoms with Crippen LogP contribution in [0.25, 0.3) is 0 Å². The van der Waals surface area contributed by atoms with Crippen LogP contribution in [0, 0.1) is 35.5 Å². The lowest BCUT2D eigenvalue weighted by Crippen LogP contribution is -2.47. The number of ketones is 4. The molecule has 0 aliphatic carbocycles. The third-order valence-corrected chi connectivity index (χ3v) is 25.7. The third kappa shape index (κ3) is 36.8. The summed E-state index contributed by atoms with van der Waals surface area (Å²) in [5.41, 5.74) is 5.32. The van der Waals surface area contributed by atoms with Gasteiger partial charge >= 0.3 is 41.8 Å². The number of esters is 7. The van der Waals surface area contributed by atoms with Gasteiger partial charge in [0.1, 0.15) is 128 Å². The first-order valence-electron chi connectivity index (χ1n) is 48.7. The van der Waals surface area contributed by atoms with Gasteiger partial charge in [0.15, 0.2) is 66.6 Å². The van der Waals surface area contributed by atoms with Gasteiger partial charge in [0.05, 0.1) is 50.3 Å². The van der Waals surface area contributed by atoms with E-state index in [4.69, 9.17) is 71.1 Å². The summed E-state index contributed by atoms with van der Waals surface area (Å²) in [7, 11) is 0. The molecule has 14 N–H and O–H groups in total. The van der Waals surface area contributed by atoms with Crippen molar-refractivity contribution in [1.82, 2.24) is 0 Å². The fourth-order valence-electron chi connectivity index (χ4n) is 15.6. The first kappa shape index (κ1) is 125. The fourth-order valence-corrected chi connectivity index (χ4v) is 15.6. The van der Waals surface area contributed by atoms with Gasteiger partial charge in [0.25, 0.3) is 0 Å². The van der Waals surface area contributed by atoms with Crippen molar-refractivity contribution in [3.05, 3.63) is 117 Å². The van der Waals surface area contributed by atoms with Gasteiger partial charge in [-0.3, -0.25) is 47.9 Å². The number of rotatable bonds is 25. The first-order chi connectivity index (χ1) is 67.2. The van der Waals surface area contributed by atoms with Crippen molar-refractivity contribution in [2.45, 2.75) is 401 Å². The average molecular weight is 2030 g/mol. The molecule has 8 aliphatic rings. The lowest BCUT2D eigenvalue weighted by atomic mass is 9.92. The van der Waals surface area contributed by atoms with Crippen molar-refractivity contribution in [1.29, 1.82) is 0 Å². The van der Waals surface area contributed by atoms with Crippen LogP contribution in [-0.2, 0) is 124 Å². The normalized spacial score (nSPS) is 37.1. The number of hydrogen-bond donors (Lipinski definition) is 14. The Labute approximate surface area is 836 Å². The van der Waals surface area contributed by atoms with Gasteiger partial charge in [-0.25, -0.2) is 4.79 Å². The van der Waals surface area contributed by atoms with Crippen LogP contribution < -0.4 is 0 Å². The van der Waals surface area contributed by atoms with E-state index >= 15 is 0 Å². The molecule has 143 heavy (non-hydrogen) atoms. The molecule has 8 heterocycles. The maximum absolute atomic E-state index is 13.4. The van der Waals surface area contributed by atoms with Crippen LogP contribution in [0.5, 0.6) is 0 Å². The van der Waals surface area contributed by atoms with Crippen LogP contribution in [0.4, 0.5) is 0 Å². The second-order valence-corrected chi connectivity index (χ2v) is 38.6. The Morgan fingerprint density at radius 3 is 1.03 bits per heavy atom. The van der Waals surface area contributed by atoms with Crippen molar-refractivity contribution in [3.8, 4) is 0 Å². The van der Waals surface area contributed by atoms with Crippen molar-refractivity contribution in [2.75, 3.05) is 26.4 Å². The number of aliphatic hydroxyl groups excluding tert-OH is 14. The van der Waals surface area contributed by atoms with Gasteiger partial charge in [-0.1, -0.05) is 109 Å². The molecule has 0 aromatic heterocycles. The summed E-state index contributed by atoms with van der Waals surface area (Å²) in [5, 5.41) is 141. The van der Waals surface area contributed by atoms with E-state index in [0.717, 1.165) is 28.4 Å². The number of carbonyl (C=O) groups is 11. The highest BCUT2D eigenvalue weighted by molar-refractivity contribution is 5.96. The molecule has 4 fully saturated rings. The SMILES string of the molecule is C/C=C(/C)[C@H]1C/C=C(\C)[C@@H](O[C@H]2O[C@H](CO)[C@@H](O)[C@@H]2O)[C@H](O)C(=O)CC[C@H](C)C(=O)O1.C/C=C(/C)[C@H]1C/C=C(\C)[C@@H](O[C@H]2O[C@H](CO)[C@@H](O)[C@@H]2O)[C@H](OC(=O)CC(C)C)C(=O)/C=C/[C@H](C)C(=O)O1.C/C=C(/C)[C@H]1C/C=C(\C)[C@@H](O[C@H]2O[C@H](CO)[C@@H](O)[C@@H]2O)[C@H](OC(=O)CC(C)C)C(=O)C/C=C(/C)C(=O)O1.C/C=C(/C)[C@H]1C/C=C(\C)[C@@H](O[C@H]2O[C@H](CO)[C@@H](O)[C@@H]2O)[C@H](OC(=O)CC(C)C)C(=O)C[C@@H](O)[C@H](C)C(=O)O1. The van der Waals surface area contributed by atoms with Crippen LogP contribution in [0.1, 0.15) is 223 Å². The summed E-state index contributed by atoms with van der Waals surface area (Å²) >= 11 is 0. The monoisotopic (exact) mass is 2030 g/mol. The van der Waals surface area contributed by atoms with Crippen molar-refractivity contribution >= 4 is 64.9 Å². The molecule has 4 saturated heterocycles. The predicted molar refractivity (Wildman–Crippen MR) is 510 cm³/mol. The molecule has 40 nitrogen and oxygen atoms in total. The highest BCUT2D eigenvalue weighted by Crippen LogP contribution is 2.37. The molecule has 0 bridgehead atoms. The summed E-state index contributed by atoms with van der Waals surface area (Å²) in [6, 6.07) is 0. The summed E-state index contributed by atoms with van der Waals surface area (Å²) in [6.07, 6.45) is -17.5. The second kappa shape index (κ2) is 60.1. The summed E-state index contributed by atoms with van der Waals surface area (Å²) < 4.78 is 84.8. The van der Waals surface area contributed by atoms with E-state index in [1.807, 2.05) is 101 Å². The van der Waals surface area contributed by atoms with Crippen LogP contribution in [0.15, 0.2) is 117 Å². The zero-order chi connectivity index (χ0) is 108. The maximum Gasteiger partial charge on any atom is 0.334 e. The molecule has 0 saturated carbocycles. The van der Waals surface area contributed by atoms with Crippen molar-refractivity contribution in [2.24, 2.45) is 35.5 Å². The van der Waals surface area contributed by atoms with E-state index in [0.29, 0.717) is 28.7 Å². The minimum Gasteiger partial charge on any atom is -0.457 e. The summed E-state index contributed by atoms with van der Waals surface area (Å²) in [4.78, 5) is 141. The number of carbonyl (C=O) groups excluding carboxylic acids is 11. The Morgan fingerprint density at radius 1 is 0.392 bits per heavy atom. The Balaban J connectivity index is 0.000000337. The van der Waals surface area contributed by atoms with Gasteiger partial charge in [-0.15, -0.1) is 0 Å². The van der Waals surface area contributed by atoms with E-state index in [9.17, 15) is 124 Å². The molecule has 0 spiro atoms. The topological polar surface area (TPSA) is 609 Å². The van der Waals surface area contributed by atoms with Crippen LogP contribution in [-0.4, -0.2) is 341 Å². The largest absolute Gasteiger partial charge is 0.457 e. The van der Waals surface area contributed by atoms with Gasteiger partial charge in [0.2, 0.25) is 0 Å². The number of aliphatic hydroxyl groups is 14. The number of ether oxygens (including phenoxy) is 15. The molecule has 0 unspecified atom stereocenters. The Morgan fingerprint density at radius 2 is 0.699 bits per heavy atom. The van der Waals surface area contributed by atoms with Crippen LogP contribution >= 0.6 is 0 Å². The molecule has 0 amide bonds. The lowest BCUT2D eigenvalue weighted by molar-refractivity contribution is -0.209. The maximum atomic E-state index is 13.4. The molecule has 8 aliphatic heterocycles. The molecule has 0 radical (unpaired) electrons. The average Bonchev–Trinajstić information content (AvgIpc) is 1.67. The third-order valence-electron chi connectivity index (χ3n) is 25.7. The molecule has 0 aromatic carbocycles. The number of Topliss-reactive ketones (excluding diaryl/α,β-unsaturated/α-hetero) is 3. The summed E-state index contributed by atoms with van der Waals surface area (Å²) in [5.74, 6) is -8.84. The predicted octanol–water partition coefficient (Wildman–Crippen LogP) is 5.00. The Hall–Kier alpha value is -8.51.